The molecule has 1 aliphatic rings. The van der Waals surface area contributed by atoms with Gasteiger partial charge in [-0.05, 0) is 65.1 Å². The maximum atomic E-state index is 3.65. The average Bonchev–Trinajstić information content (AvgIpc) is 2.90. The van der Waals surface area contributed by atoms with Gasteiger partial charge in [-0.25, -0.2) is 0 Å². The van der Waals surface area contributed by atoms with E-state index < -0.39 is 0 Å². The molecule has 1 atom stereocenters. The third-order valence-corrected chi connectivity index (χ3v) is 4.99. The molecule has 0 amide bonds. The molecule has 1 aromatic carbocycles. The molecule has 1 N–H and O–H groups in total. The second-order valence-electron chi connectivity index (χ2n) is 6.20. The molecule has 0 aromatic heterocycles. The van der Waals surface area contributed by atoms with Gasteiger partial charge in [0.05, 0.1) is 0 Å². The van der Waals surface area contributed by atoms with Gasteiger partial charge in [-0.3, -0.25) is 0 Å². The molecular formula is C17H26IN. The largest absolute Gasteiger partial charge is 0.314 e. The Morgan fingerprint density at radius 1 is 1.16 bits per heavy atom. The lowest BCUT2D eigenvalue weighted by Crippen LogP contribution is -2.33. The van der Waals surface area contributed by atoms with E-state index in [9.17, 15) is 0 Å². The first kappa shape index (κ1) is 15.3. The van der Waals surface area contributed by atoms with Crippen LogP contribution in [-0.4, -0.2) is 12.6 Å². The van der Waals surface area contributed by atoms with Crippen LogP contribution in [0.15, 0.2) is 24.3 Å². The van der Waals surface area contributed by atoms with Gasteiger partial charge >= 0.3 is 0 Å². The summed E-state index contributed by atoms with van der Waals surface area (Å²) in [5.74, 6) is 1.75. The first-order valence-corrected chi connectivity index (χ1v) is 8.71. The van der Waals surface area contributed by atoms with Crippen molar-refractivity contribution in [3.8, 4) is 0 Å². The van der Waals surface area contributed by atoms with Gasteiger partial charge in [-0.2, -0.15) is 0 Å². The monoisotopic (exact) mass is 371 g/mol. The molecule has 0 spiro atoms. The lowest BCUT2D eigenvalue weighted by molar-refractivity contribution is 0.313. The minimum Gasteiger partial charge on any atom is -0.314 e. The summed E-state index contributed by atoms with van der Waals surface area (Å²) in [6, 6.07) is 9.67. The van der Waals surface area contributed by atoms with Crippen molar-refractivity contribution < 1.29 is 0 Å². The fourth-order valence-corrected chi connectivity index (χ4v) is 3.50. The molecule has 106 valence electrons. The Labute approximate surface area is 131 Å². The third-order valence-electron chi connectivity index (χ3n) is 4.27. The van der Waals surface area contributed by atoms with E-state index in [0.29, 0.717) is 6.04 Å². The molecule has 19 heavy (non-hydrogen) atoms. The Balaban J connectivity index is 1.97. The standard InChI is InChI=1S/C17H26IN/c1-13(2)19-12-16(15-5-3-4-6-15)11-14-7-9-17(18)10-8-14/h7-10,13,15-16,19H,3-6,11-12H2,1-2H3. The molecule has 1 saturated carbocycles. The van der Waals surface area contributed by atoms with Gasteiger partial charge in [0.2, 0.25) is 0 Å². The molecule has 0 bridgehead atoms. The summed E-state index contributed by atoms with van der Waals surface area (Å²) in [5, 5.41) is 3.65. The molecule has 2 heteroatoms. The third kappa shape index (κ3) is 5.07. The molecule has 1 nitrogen and oxygen atoms in total. The van der Waals surface area contributed by atoms with Crippen LogP contribution in [0.5, 0.6) is 0 Å². The average molecular weight is 371 g/mol. The first-order valence-electron chi connectivity index (χ1n) is 7.63. The van der Waals surface area contributed by atoms with Crippen molar-refractivity contribution in [1.29, 1.82) is 0 Å². The van der Waals surface area contributed by atoms with Crippen molar-refractivity contribution in [2.45, 2.75) is 52.0 Å². The number of halogens is 1. The highest BCUT2D eigenvalue weighted by atomic mass is 127. The van der Waals surface area contributed by atoms with Crippen molar-refractivity contribution in [2.75, 3.05) is 6.54 Å². The van der Waals surface area contributed by atoms with E-state index in [0.717, 1.165) is 11.8 Å². The van der Waals surface area contributed by atoms with Gasteiger partial charge in [0.25, 0.3) is 0 Å². The van der Waals surface area contributed by atoms with E-state index in [-0.39, 0.29) is 0 Å². The SMILES string of the molecule is CC(C)NCC(Cc1ccc(I)cc1)C1CCCC1. The summed E-state index contributed by atoms with van der Waals surface area (Å²) in [6.07, 6.45) is 7.00. The highest BCUT2D eigenvalue weighted by Crippen LogP contribution is 2.33. The minimum absolute atomic E-state index is 0.598. The Kier molecular flexibility index (Phi) is 6.14. The smallest absolute Gasteiger partial charge is 0.0130 e. The van der Waals surface area contributed by atoms with Gasteiger partial charge in [0.1, 0.15) is 0 Å². The topological polar surface area (TPSA) is 12.0 Å². The van der Waals surface area contributed by atoms with E-state index in [4.69, 9.17) is 0 Å². The molecule has 0 aliphatic heterocycles. The van der Waals surface area contributed by atoms with Crippen molar-refractivity contribution in [3.63, 3.8) is 0 Å². The van der Waals surface area contributed by atoms with E-state index >= 15 is 0 Å². The van der Waals surface area contributed by atoms with Crippen LogP contribution in [0.25, 0.3) is 0 Å². The number of benzene rings is 1. The van der Waals surface area contributed by atoms with E-state index in [1.165, 1.54) is 47.8 Å². The molecule has 0 heterocycles. The van der Waals surface area contributed by atoms with Crippen molar-refractivity contribution >= 4 is 22.6 Å². The quantitative estimate of drug-likeness (QED) is 0.719. The Bertz CT molecular complexity index is 365. The van der Waals surface area contributed by atoms with Gasteiger partial charge in [0.15, 0.2) is 0 Å². The molecule has 1 aromatic rings. The fourth-order valence-electron chi connectivity index (χ4n) is 3.14. The molecule has 0 radical (unpaired) electrons. The second-order valence-corrected chi connectivity index (χ2v) is 7.44. The van der Waals surface area contributed by atoms with Gasteiger partial charge in [-0.1, -0.05) is 51.7 Å². The Morgan fingerprint density at radius 3 is 2.37 bits per heavy atom. The second kappa shape index (κ2) is 7.63. The van der Waals surface area contributed by atoms with Crippen LogP contribution < -0.4 is 5.32 Å². The van der Waals surface area contributed by atoms with Crippen molar-refractivity contribution in [3.05, 3.63) is 33.4 Å². The van der Waals surface area contributed by atoms with Crippen LogP contribution in [0.3, 0.4) is 0 Å². The summed E-state index contributed by atoms with van der Waals surface area (Å²) in [5.41, 5.74) is 1.50. The zero-order valence-electron chi connectivity index (χ0n) is 12.2. The van der Waals surface area contributed by atoms with Gasteiger partial charge in [0, 0.05) is 9.61 Å². The number of rotatable bonds is 6. The minimum atomic E-state index is 0.598. The predicted molar refractivity (Wildman–Crippen MR) is 91.4 cm³/mol. The van der Waals surface area contributed by atoms with Crippen LogP contribution in [0.1, 0.15) is 45.1 Å². The molecule has 1 aliphatic carbocycles. The number of hydrogen-bond donors (Lipinski definition) is 1. The van der Waals surface area contributed by atoms with E-state index in [1.807, 2.05) is 0 Å². The van der Waals surface area contributed by atoms with Crippen LogP contribution in [-0.2, 0) is 6.42 Å². The highest BCUT2D eigenvalue weighted by Gasteiger charge is 2.25. The molecule has 1 fully saturated rings. The molecule has 2 rings (SSSR count). The summed E-state index contributed by atoms with van der Waals surface area (Å²) in [4.78, 5) is 0. The molecular weight excluding hydrogens is 345 g/mol. The van der Waals surface area contributed by atoms with Crippen LogP contribution >= 0.6 is 22.6 Å². The van der Waals surface area contributed by atoms with Crippen LogP contribution in [0.4, 0.5) is 0 Å². The zero-order valence-corrected chi connectivity index (χ0v) is 14.3. The van der Waals surface area contributed by atoms with Crippen LogP contribution in [0.2, 0.25) is 0 Å². The first-order chi connectivity index (χ1) is 9.15. The van der Waals surface area contributed by atoms with Gasteiger partial charge < -0.3 is 5.32 Å². The Hall–Kier alpha value is -0.0900. The zero-order chi connectivity index (χ0) is 13.7. The number of hydrogen-bond acceptors (Lipinski definition) is 1. The van der Waals surface area contributed by atoms with Crippen molar-refractivity contribution in [1.82, 2.24) is 5.32 Å². The normalized spacial score (nSPS) is 18.1. The maximum absolute atomic E-state index is 3.65. The molecule has 1 unspecified atom stereocenters. The van der Waals surface area contributed by atoms with E-state index in [2.05, 4.69) is 66.0 Å². The Morgan fingerprint density at radius 2 is 1.79 bits per heavy atom. The lowest BCUT2D eigenvalue weighted by Gasteiger charge is -2.25. The highest BCUT2D eigenvalue weighted by molar-refractivity contribution is 14.1. The summed E-state index contributed by atoms with van der Waals surface area (Å²) < 4.78 is 1.33. The summed E-state index contributed by atoms with van der Waals surface area (Å²) >= 11 is 2.38. The molecule has 0 saturated heterocycles. The number of nitrogens with one attached hydrogen (secondary N) is 1. The summed E-state index contributed by atoms with van der Waals surface area (Å²) in [6.45, 7) is 5.67. The van der Waals surface area contributed by atoms with E-state index in [1.54, 1.807) is 0 Å². The lowest BCUT2D eigenvalue weighted by atomic mass is 9.85. The fraction of sp³-hybridized carbons (Fsp3) is 0.647. The maximum Gasteiger partial charge on any atom is 0.0130 e. The summed E-state index contributed by atoms with van der Waals surface area (Å²) in [7, 11) is 0. The van der Waals surface area contributed by atoms with Crippen LogP contribution in [0, 0.1) is 15.4 Å². The predicted octanol–water partition coefficient (Wildman–Crippen LogP) is 4.64. The van der Waals surface area contributed by atoms with Gasteiger partial charge in [-0.15, -0.1) is 0 Å². The van der Waals surface area contributed by atoms with Crippen molar-refractivity contribution in [2.24, 2.45) is 11.8 Å².